The Morgan fingerprint density at radius 3 is 2.12 bits per heavy atom. The molecule has 0 amide bonds. The van der Waals surface area contributed by atoms with Crippen molar-refractivity contribution >= 4 is 23.1 Å². The van der Waals surface area contributed by atoms with Crippen LogP contribution in [0.4, 0.5) is 0 Å². The Morgan fingerprint density at radius 1 is 0.844 bits per heavy atom. The number of rotatable bonds is 16. The predicted molar refractivity (Wildman–Crippen MR) is 141 cm³/mol. The Kier molecular flexibility index (Phi) is 14.1. The lowest BCUT2D eigenvalue weighted by atomic mass is 10.1. The lowest BCUT2D eigenvalue weighted by molar-refractivity contribution is 0.304. The summed E-state index contributed by atoms with van der Waals surface area (Å²) in [6, 6.07) is 18.1. The molecule has 0 spiro atoms. The lowest BCUT2D eigenvalue weighted by Crippen LogP contribution is -2.06. The van der Waals surface area contributed by atoms with Crippen LogP contribution in [0.1, 0.15) is 82.3 Å². The highest BCUT2D eigenvalue weighted by Crippen LogP contribution is 2.14. The van der Waals surface area contributed by atoms with Crippen LogP contribution in [-0.4, -0.2) is 18.0 Å². The van der Waals surface area contributed by atoms with Gasteiger partial charge >= 0.3 is 0 Å². The summed E-state index contributed by atoms with van der Waals surface area (Å²) in [5, 5.41) is 8.61. The van der Waals surface area contributed by atoms with Crippen LogP contribution in [0.15, 0.2) is 64.8 Å². The second-order valence-corrected chi connectivity index (χ2v) is 9.05. The molecule has 2 aromatic rings. The van der Waals surface area contributed by atoms with Gasteiger partial charge in [0.2, 0.25) is 0 Å². The number of hydrogen-bond donors (Lipinski definition) is 1. The molecule has 32 heavy (non-hydrogen) atoms. The molecule has 0 radical (unpaired) electrons. The maximum Gasteiger partial charge on any atom is 0.180 e. The highest BCUT2D eigenvalue weighted by molar-refractivity contribution is 8.13. The topological polar surface area (TPSA) is 60.0 Å². The van der Waals surface area contributed by atoms with Crippen molar-refractivity contribution in [3.05, 3.63) is 65.7 Å². The summed E-state index contributed by atoms with van der Waals surface area (Å²) >= 11 is 1.48. The fourth-order valence-electron chi connectivity index (χ4n) is 3.34. The first kappa shape index (κ1) is 26.0. The molecule has 0 aliphatic carbocycles. The first-order chi connectivity index (χ1) is 15.8. The fourth-order valence-corrected chi connectivity index (χ4v) is 3.95. The van der Waals surface area contributed by atoms with Crippen molar-refractivity contribution < 1.29 is 4.74 Å². The number of nitrogens with zero attached hydrogens (tertiary/aromatic N) is 2. The zero-order valence-electron chi connectivity index (χ0n) is 19.5. The predicted octanol–water partition coefficient (Wildman–Crippen LogP) is 7.57. The third-order valence-electron chi connectivity index (χ3n) is 5.24. The van der Waals surface area contributed by atoms with Gasteiger partial charge in [-0.15, -0.1) is 5.10 Å². The van der Waals surface area contributed by atoms with E-state index in [4.69, 9.17) is 10.5 Å². The zero-order chi connectivity index (χ0) is 22.7. The minimum Gasteiger partial charge on any atom is -0.494 e. The van der Waals surface area contributed by atoms with Gasteiger partial charge < -0.3 is 10.5 Å². The molecule has 4 nitrogen and oxygen atoms in total. The molecule has 0 aliphatic heterocycles. The molecule has 0 aromatic heterocycles. The zero-order valence-corrected chi connectivity index (χ0v) is 20.4. The van der Waals surface area contributed by atoms with E-state index in [2.05, 4.69) is 29.3 Å². The molecule has 0 heterocycles. The van der Waals surface area contributed by atoms with Crippen LogP contribution in [-0.2, 0) is 5.75 Å². The molecule has 0 bridgehead atoms. The van der Waals surface area contributed by atoms with E-state index in [1.807, 2.05) is 42.5 Å². The second kappa shape index (κ2) is 17.3. The molecule has 0 aliphatic rings. The van der Waals surface area contributed by atoms with Crippen LogP contribution in [0.25, 0.3) is 0 Å². The summed E-state index contributed by atoms with van der Waals surface area (Å²) in [5.41, 5.74) is 8.11. The largest absolute Gasteiger partial charge is 0.494 e. The van der Waals surface area contributed by atoms with Gasteiger partial charge in [0, 0.05) is 5.75 Å². The van der Waals surface area contributed by atoms with Crippen LogP contribution >= 0.6 is 11.8 Å². The van der Waals surface area contributed by atoms with E-state index in [-0.39, 0.29) is 0 Å². The van der Waals surface area contributed by atoms with Crippen molar-refractivity contribution in [3.63, 3.8) is 0 Å². The maximum atomic E-state index is 5.92. The van der Waals surface area contributed by atoms with Crippen LogP contribution < -0.4 is 10.5 Å². The number of benzene rings is 2. The molecule has 2 aromatic carbocycles. The van der Waals surface area contributed by atoms with Crippen molar-refractivity contribution in [1.29, 1.82) is 0 Å². The van der Waals surface area contributed by atoms with E-state index in [1.165, 1.54) is 75.1 Å². The normalized spacial score (nSPS) is 11.8. The van der Waals surface area contributed by atoms with Gasteiger partial charge in [-0.2, -0.15) is 5.10 Å². The molecule has 0 saturated heterocycles. The fraction of sp³-hybridized carbons (Fsp3) is 0.481. The first-order valence-electron chi connectivity index (χ1n) is 12.0. The van der Waals surface area contributed by atoms with Crippen LogP contribution in [0.2, 0.25) is 0 Å². The number of thioether (sulfide) groups is 1. The minimum absolute atomic E-state index is 0.460. The molecule has 0 saturated carbocycles. The molecule has 174 valence electrons. The summed E-state index contributed by atoms with van der Waals surface area (Å²) in [4.78, 5) is 0. The number of ether oxygens (including phenoxy) is 1. The third kappa shape index (κ3) is 12.6. The molecule has 2 N–H and O–H groups in total. The van der Waals surface area contributed by atoms with Crippen molar-refractivity contribution in [2.24, 2.45) is 15.9 Å². The van der Waals surface area contributed by atoms with Crippen molar-refractivity contribution in [3.8, 4) is 5.75 Å². The SMILES string of the molecule is CCCCCCCCCCCCOc1ccc(C=NN=C(N)SCc2ccccc2)cc1. The van der Waals surface area contributed by atoms with E-state index in [0.29, 0.717) is 5.17 Å². The molecule has 0 unspecified atom stereocenters. The number of hydrogen-bond acceptors (Lipinski definition) is 4. The van der Waals surface area contributed by atoms with Gasteiger partial charge in [0.15, 0.2) is 5.17 Å². The molecule has 5 heteroatoms. The summed E-state index contributed by atoms with van der Waals surface area (Å²) < 4.78 is 5.85. The average Bonchev–Trinajstić information content (AvgIpc) is 2.83. The van der Waals surface area contributed by atoms with E-state index < -0.39 is 0 Å². The third-order valence-corrected chi connectivity index (χ3v) is 6.09. The second-order valence-electron chi connectivity index (χ2n) is 8.06. The van der Waals surface area contributed by atoms with E-state index >= 15 is 0 Å². The summed E-state index contributed by atoms with van der Waals surface area (Å²) in [5.74, 6) is 1.69. The van der Waals surface area contributed by atoms with Crippen LogP contribution in [0, 0.1) is 0 Å². The minimum atomic E-state index is 0.460. The van der Waals surface area contributed by atoms with Crippen molar-refractivity contribution in [2.45, 2.75) is 76.9 Å². The molecule has 2 rings (SSSR count). The molecular weight excluding hydrogens is 414 g/mol. The van der Waals surface area contributed by atoms with Gasteiger partial charge in [-0.1, -0.05) is 107 Å². The Bertz CT molecular complexity index is 775. The highest BCUT2D eigenvalue weighted by Gasteiger charge is 1.97. The number of nitrogens with two attached hydrogens (primary N) is 1. The van der Waals surface area contributed by atoms with Gasteiger partial charge in [0.05, 0.1) is 12.8 Å². The Hall–Kier alpha value is -2.27. The van der Waals surface area contributed by atoms with Gasteiger partial charge in [-0.25, -0.2) is 0 Å². The summed E-state index contributed by atoms with van der Waals surface area (Å²) in [6.45, 7) is 3.05. The Morgan fingerprint density at radius 2 is 1.47 bits per heavy atom. The summed E-state index contributed by atoms with van der Waals surface area (Å²) in [6.07, 6.45) is 15.1. The van der Waals surface area contributed by atoms with Crippen LogP contribution in [0.3, 0.4) is 0 Å². The lowest BCUT2D eigenvalue weighted by Gasteiger charge is -2.06. The van der Waals surface area contributed by atoms with Gasteiger partial charge in [0.25, 0.3) is 0 Å². The van der Waals surface area contributed by atoms with Crippen LogP contribution in [0.5, 0.6) is 5.75 Å². The monoisotopic (exact) mass is 453 g/mol. The summed E-state index contributed by atoms with van der Waals surface area (Å²) in [7, 11) is 0. The molecule has 0 fully saturated rings. The van der Waals surface area contributed by atoms with E-state index in [9.17, 15) is 0 Å². The Labute approximate surface area is 198 Å². The van der Waals surface area contributed by atoms with Gasteiger partial charge in [0.1, 0.15) is 5.75 Å². The van der Waals surface area contributed by atoms with E-state index in [0.717, 1.165) is 30.1 Å². The Balaban J connectivity index is 1.54. The van der Waals surface area contributed by atoms with Crippen molar-refractivity contribution in [1.82, 2.24) is 0 Å². The number of amidine groups is 1. The average molecular weight is 454 g/mol. The molecular formula is C27H39N3OS. The quantitative estimate of drug-likeness (QED) is 0.123. The smallest absolute Gasteiger partial charge is 0.180 e. The van der Waals surface area contributed by atoms with Gasteiger partial charge in [-0.05, 0) is 41.8 Å². The first-order valence-corrected chi connectivity index (χ1v) is 13.0. The standard InChI is InChI=1S/C27H39N3OS/c1-2-3-4-5-6-7-8-9-10-14-21-31-26-19-17-24(18-20-26)22-29-30-27(28)32-23-25-15-12-11-13-16-25/h11-13,15-20,22H,2-10,14,21,23H2,1H3,(H2,28,30). The number of unbranched alkanes of at least 4 members (excludes halogenated alkanes) is 9. The maximum absolute atomic E-state index is 5.92. The highest BCUT2D eigenvalue weighted by atomic mass is 32.2. The molecule has 0 atom stereocenters. The van der Waals surface area contributed by atoms with Crippen molar-refractivity contribution in [2.75, 3.05) is 6.61 Å². The van der Waals surface area contributed by atoms with Gasteiger partial charge in [-0.3, -0.25) is 0 Å². The van der Waals surface area contributed by atoms with E-state index in [1.54, 1.807) is 6.21 Å².